The van der Waals surface area contributed by atoms with Crippen LogP contribution < -0.4 is 0 Å². The third-order valence-electron chi connectivity index (χ3n) is 2.73. The molecule has 1 aromatic rings. The molecular formula is C14H17F3O. The summed E-state index contributed by atoms with van der Waals surface area (Å²) in [5.74, 6) is -1.73. The molecule has 0 amide bonds. The zero-order valence-corrected chi connectivity index (χ0v) is 10.6. The Hall–Kier alpha value is -1.32. The van der Waals surface area contributed by atoms with Gasteiger partial charge in [-0.15, -0.1) is 0 Å². The number of hydrogen-bond acceptors (Lipinski definition) is 1. The summed E-state index contributed by atoms with van der Waals surface area (Å²) in [5.41, 5.74) is 1.08. The van der Waals surface area contributed by atoms with Gasteiger partial charge in [-0.2, -0.15) is 13.2 Å². The summed E-state index contributed by atoms with van der Waals surface area (Å²) < 4.78 is 37.6. The summed E-state index contributed by atoms with van der Waals surface area (Å²) in [6.45, 7) is 3.83. The number of rotatable bonds is 5. The van der Waals surface area contributed by atoms with E-state index in [1.54, 1.807) is 6.07 Å². The van der Waals surface area contributed by atoms with Gasteiger partial charge in [0.25, 0.3) is 5.78 Å². The van der Waals surface area contributed by atoms with Crippen molar-refractivity contribution in [2.24, 2.45) is 0 Å². The van der Waals surface area contributed by atoms with Crippen LogP contribution in [0.4, 0.5) is 13.2 Å². The SMILES string of the molecule is CCCc1ccc(CCC)c(C(=O)C(F)(F)F)c1. The molecule has 0 spiro atoms. The first kappa shape index (κ1) is 14.7. The molecule has 0 heterocycles. The maximum absolute atomic E-state index is 12.5. The van der Waals surface area contributed by atoms with Crippen molar-refractivity contribution < 1.29 is 18.0 Å². The summed E-state index contributed by atoms with van der Waals surface area (Å²) in [5, 5.41) is 0. The minimum Gasteiger partial charge on any atom is -0.284 e. The van der Waals surface area contributed by atoms with Gasteiger partial charge in [-0.1, -0.05) is 38.8 Å². The zero-order valence-electron chi connectivity index (χ0n) is 10.6. The van der Waals surface area contributed by atoms with Crippen LogP contribution in [0.2, 0.25) is 0 Å². The van der Waals surface area contributed by atoms with Crippen LogP contribution in [0.3, 0.4) is 0 Å². The fraction of sp³-hybridized carbons (Fsp3) is 0.500. The summed E-state index contributed by atoms with van der Waals surface area (Å²) in [4.78, 5) is 11.4. The molecule has 0 aliphatic heterocycles. The van der Waals surface area contributed by atoms with Crippen molar-refractivity contribution in [1.29, 1.82) is 0 Å². The van der Waals surface area contributed by atoms with Gasteiger partial charge in [0.1, 0.15) is 0 Å². The Kier molecular flexibility index (Phi) is 4.93. The quantitative estimate of drug-likeness (QED) is 0.718. The zero-order chi connectivity index (χ0) is 13.8. The van der Waals surface area contributed by atoms with E-state index in [-0.39, 0.29) is 5.56 Å². The molecule has 1 rings (SSSR count). The normalized spacial score (nSPS) is 11.6. The third-order valence-corrected chi connectivity index (χ3v) is 2.73. The van der Waals surface area contributed by atoms with Crippen LogP contribution in [-0.2, 0) is 12.8 Å². The first-order valence-electron chi connectivity index (χ1n) is 6.13. The van der Waals surface area contributed by atoms with Crippen molar-refractivity contribution in [1.82, 2.24) is 0 Å². The molecule has 1 nitrogen and oxygen atoms in total. The summed E-state index contributed by atoms with van der Waals surface area (Å²) in [6, 6.07) is 4.85. The van der Waals surface area contributed by atoms with Crippen molar-refractivity contribution in [2.45, 2.75) is 45.7 Å². The van der Waals surface area contributed by atoms with Crippen LogP contribution in [0.1, 0.15) is 48.2 Å². The molecule has 0 bridgehead atoms. The van der Waals surface area contributed by atoms with E-state index >= 15 is 0 Å². The molecule has 0 atom stereocenters. The van der Waals surface area contributed by atoms with Gasteiger partial charge in [0.15, 0.2) is 0 Å². The van der Waals surface area contributed by atoms with Gasteiger partial charge in [-0.05, 0) is 30.0 Å². The minimum absolute atomic E-state index is 0.185. The number of benzene rings is 1. The van der Waals surface area contributed by atoms with Gasteiger partial charge in [-0.25, -0.2) is 0 Å². The number of Topliss-reactive ketones (excluding diaryl/α,β-unsaturated/α-hetero) is 1. The Morgan fingerprint density at radius 1 is 1.11 bits per heavy atom. The lowest BCUT2D eigenvalue weighted by Crippen LogP contribution is -2.24. The molecule has 100 valence electrons. The van der Waals surface area contributed by atoms with E-state index in [1.807, 2.05) is 19.9 Å². The number of aryl methyl sites for hydroxylation is 2. The lowest BCUT2D eigenvalue weighted by Gasteiger charge is -2.12. The number of carbonyl (C=O) groups excluding carboxylic acids is 1. The number of halogens is 3. The molecule has 0 saturated carbocycles. The molecule has 0 aliphatic rings. The predicted octanol–water partition coefficient (Wildman–Crippen LogP) is 4.34. The fourth-order valence-corrected chi connectivity index (χ4v) is 1.92. The van der Waals surface area contributed by atoms with Gasteiger partial charge in [0, 0.05) is 5.56 Å². The second kappa shape index (κ2) is 6.03. The molecule has 0 aromatic heterocycles. The average molecular weight is 258 g/mol. The minimum atomic E-state index is -4.80. The van der Waals surface area contributed by atoms with E-state index in [9.17, 15) is 18.0 Å². The Bertz CT molecular complexity index is 422. The molecule has 0 fully saturated rings. The van der Waals surface area contributed by atoms with Gasteiger partial charge < -0.3 is 0 Å². The predicted molar refractivity (Wildman–Crippen MR) is 64.8 cm³/mol. The van der Waals surface area contributed by atoms with Crippen LogP contribution >= 0.6 is 0 Å². The highest BCUT2D eigenvalue weighted by Crippen LogP contribution is 2.25. The third kappa shape index (κ3) is 3.59. The highest BCUT2D eigenvalue weighted by Gasteiger charge is 2.40. The standard InChI is InChI=1S/C14H17F3O/c1-3-5-10-7-8-11(6-4-2)12(9-10)13(18)14(15,16)17/h7-9H,3-6H2,1-2H3. The van der Waals surface area contributed by atoms with Crippen LogP contribution in [0, 0.1) is 0 Å². The van der Waals surface area contributed by atoms with E-state index in [4.69, 9.17) is 0 Å². The van der Waals surface area contributed by atoms with Gasteiger partial charge in [0.2, 0.25) is 0 Å². The van der Waals surface area contributed by atoms with Gasteiger partial charge >= 0.3 is 6.18 Å². The van der Waals surface area contributed by atoms with Crippen molar-refractivity contribution in [3.8, 4) is 0 Å². The lowest BCUT2D eigenvalue weighted by molar-refractivity contribution is -0.0885. The number of alkyl halides is 3. The molecule has 18 heavy (non-hydrogen) atoms. The summed E-state index contributed by atoms with van der Waals surface area (Å²) >= 11 is 0. The van der Waals surface area contributed by atoms with Crippen LogP contribution in [0.5, 0.6) is 0 Å². The van der Waals surface area contributed by atoms with Crippen molar-refractivity contribution in [3.63, 3.8) is 0 Å². The van der Waals surface area contributed by atoms with E-state index in [0.29, 0.717) is 24.8 Å². The van der Waals surface area contributed by atoms with Gasteiger partial charge in [0.05, 0.1) is 0 Å². The van der Waals surface area contributed by atoms with Crippen molar-refractivity contribution in [3.05, 3.63) is 34.9 Å². The Labute approximate surface area is 105 Å². The molecule has 4 heteroatoms. The van der Waals surface area contributed by atoms with Gasteiger partial charge in [-0.3, -0.25) is 4.79 Å². The Morgan fingerprint density at radius 3 is 2.22 bits per heavy atom. The fourth-order valence-electron chi connectivity index (χ4n) is 1.92. The van der Waals surface area contributed by atoms with E-state index in [2.05, 4.69) is 0 Å². The van der Waals surface area contributed by atoms with Crippen molar-refractivity contribution in [2.75, 3.05) is 0 Å². The maximum Gasteiger partial charge on any atom is 0.454 e. The molecule has 0 aliphatic carbocycles. The van der Waals surface area contributed by atoms with Crippen LogP contribution in [0.25, 0.3) is 0 Å². The second-order valence-electron chi connectivity index (χ2n) is 4.32. The first-order chi connectivity index (χ1) is 8.40. The topological polar surface area (TPSA) is 17.1 Å². The highest BCUT2D eigenvalue weighted by atomic mass is 19.4. The maximum atomic E-state index is 12.5. The smallest absolute Gasteiger partial charge is 0.284 e. The molecular weight excluding hydrogens is 241 g/mol. The Morgan fingerprint density at radius 2 is 1.72 bits per heavy atom. The molecule has 1 aromatic carbocycles. The molecule has 0 N–H and O–H groups in total. The molecule has 0 saturated heterocycles. The average Bonchev–Trinajstić information content (AvgIpc) is 2.29. The van der Waals surface area contributed by atoms with Crippen LogP contribution in [-0.4, -0.2) is 12.0 Å². The number of ketones is 1. The Balaban J connectivity index is 3.18. The molecule has 0 radical (unpaired) electrons. The van der Waals surface area contributed by atoms with Crippen molar-refractivity contribution >= 4 is 5.78 Å². The van der Waals surface area contributed by atoms with E-state index in [1.165, 1.54) is 6.07 Å². The number of carbonyl (C=O) groups is 1. The highest BCUT2D eigenvalue weighted by molar-refractivity contribution is 6.01. The first-order valence-corrected chi connectivity index (χ1v) is 6.13. The summed E-state index contributed by atoms with van der Waals surface area (Å²) in [6.07, 6.45) is -2.07. The second-order valence-corrected chi connectivity index (χ2v) is 4.32. The van der Waals surface area contributed by atoms with E-state index < -0.39 is 12.0 Å². The monoisotopic (exact) mass is 258 g/mol. The van der Waals surface area contributed by atoms with Crippen LogP contribution in [0.15, 0.2) is 18.2 Å². The lowest BCUT2D eigenvalue weighted by atomic mass is 9.95. The largest absolute Gasteiger partial charge is 0.454 e. The molecule has 0 unspecified atom stereocenters. The summed E-state index contributed by atoms with van der Waals surface area (Å²) in [7, 11) is 0. The number of hydrogen-bond donors (Lipinski definition) is 0. The van der Waals surface area contributed by atoms with E-state index in [0.717, 1.165) is 12.0 Å².